The number of nitrogens with zero attached hydrogens (tertiary/aromatic N) is 3. The molecular weight excluding hydrogens is 174 g/mol. The van der Waals surface area contributed by atoms with Gasteiger partial charge in [0.05, 0.1) is 17.7 Å². The Kier molecular flexibility index (Phi) is 2.66. The summed E-state index contributed by atoms with van der Waals surface area (Å²) in [6, 6.07) is 2.25. The van der Waals surface area contributed by atoms with Crippen molar-refractivity contribution in [2.75, 3.05) is 0 Å². The van der Waals surface area contributed by atoms with Crippen LogP contribution in [0.4, 0.5) is 0 Å². The number of hydrogen-bond acceptors (Lipinski definition) is 2. The third-order valence-electron chi connectivity index (χ3n) is 2.23. The van der Waals surface area contributed by atoms with Gasteiger partial charge in [-0.1, -0.05) is 20.8 Å². The number of nitriles is 1. The third kappa shape index (κ3) is 1.95. The summed E-state index contributed by atoms with van der Waals surface area (Å²) in [5, 5.41) is 13.3. The Morgan fingerprint density at radius 3 is 2.50 bits per heavy atom. The van der Waals surface area contributed by atoms with Gasteiger partial charge in [0.25, 0.3) is 0 Å². The van der Waals surface area contributed by atoms with Crippen LogP contribution in [0.15, 0.2) is 6.20 Å². The maximum Gasteiger partial charge on any atom is 0.0723 e. The van der Waals surface area contributed by atoms with Gasteiger partial charge in [0.15, 0.2) is 0 Å². The Morgan fingerprint density at radius 2 is 2.07 bits per heavy atom. The summed E-state index contributed by atoms with van der Waals surface area (Å²) in [6.07, 6.45) is 1.94. The molecule has 0 fully saturated rings. The first-order chi connectivity index (χ1) is 6.36. The summed E-state index contributed by atoms with van der Waals surface area (Å²) in [6.45, 7) is 8.25. The number of aromatic nitrogens is 2. The monoisotopic (exact) mass is 191 g/mol. The maximum atomic E-state index is 8.90. The van der Waals surface area contributed by atoms with Crippen LogP contribution in [0.5, 0.6) is 0 Å². The lowest BCUT2D eigenvalue weighted by atomic mass is 9.86. The smallest absolute Gasteiger partial charge is 0.0723 e. The zero-order valence-electron chi connectivity index (χ0n) is 9.50. The van der Waals surface area contributed by atoms with Crippen molar-refractivity contribution in [3.05, 3.63) is 17.5 Å². The molecule has 76 valence electrons. The van der Waals surface area contributed by atoms with Crippen molar-refractivity contribution in [2.45, 2.75) is 39.0 Å². The van der Waals surface area contributed by atoms with Gasteiger partial charge in [-0.3, -0.25) is 4.68 Å². The fourth-order valence-corrected chi connectivity index (χ4v) is 1.48. The third-order valence-corrected chi connectivity index (χ3v) is 2.23. The summed E-state index contributed by atoms with van der Waals surface area (Å²) in [7, 11) is 1.89. The molecule has 0 bridgehead atoms. The Morgan fingerprint density at radius 1 is 1.50 bits per heavy atom. The van der Waals surface area contributed by atoms with Crippen LogP contribution in [-0.4, -0.2) is 9.78 Å². The highest BCUT2D eigenvalue weighted by Gasteiger charge is 2.24. The first kappa shape index (κ1) is 10.8. The van der Waals surface area contributed by atoms with Crippen LogP contribution in [0.2, 0.25) is 0 Å². The molecule has 1 rings (SSSR count). The normalized spacial score (nSPS) is 13.7. The molecule has 0 amide bonds. The molecule has 3 heteroatoms. The van der Waals surface area contributed by atoms with Crippen molar-refractivity contribution in [1.29, 1.82) is 5.26 Å². The zero-order valence-corrected chi connectivity index (χ0v) is 9.50. The van der Waals surface area contributed by atoms with Crippen LogP contribution in [0.1, 0.15) is 44.9 Å². The van der Waals surface area contributed by atoms with Gasteiger partial charge in [-0.15, -0.1) is 0 Å². The molecule has 0 aliphatic rings. The fraction of sp³-hybridized carbons (Fsp3) is 0.636. The Hall–Kier alpha value is -1.30. The predicted octanol–water partition coefficient (Wildman–Crippen LogP) is 2.34. The average Bonchev–Trinajstić information content (AvgIpc) is 2.45. The quantitative estimate of drug-likeness (QED) is 0.683. The molecule has 1 unspecified atom stereocenters. The second-order valence-corrected chi connectivity index (χ2v) is 4.71. The first-order valence-electron chi connectivity index (χ1n) is 4.80. The Bertz CT molecular complexity index is 363. The average molecular weight is 191 g/mol. The van der Waals surface area contributed by atoms with Crippen LogP contribution >= 0.6 is 0 Å². The molecule has 3 nitrogen and oxygen atoms in total. The van der Waals surface area contributed by atoms with Crippen molar-refractivity contribution in [3.63, 3.8) is 0 Å². The fourth-order valence-electron chi connectivity index (χ4n) is 1.48. The van der Waals surface area contributed by atoms with Gasteiger partial charge in [0.2, 0.25) is 0 Å². The van der Waals surface area contributed by atoms with Crippen LogP contribution in [0.25, 0.3) is 0 Å². The van der Waals surface area contributed by atoms with E-state index in [9.17, 15) is 0 Å². The first-order valence-corrected chi connectivity index (χ1v) is 4.80. The minimum Gasteiger partial charge on any atom is -0.275 e. The molecule has 1 atom stereocenters. The van der Waals surface area contributed by atoms with E-state index in [1.165, 1.54) is 0 Å². The van der Waals surface area contributed by atoms with Crippen LogP contribution in [-0.2, 0) is 12.5 Å². The van der Waals surface area contributed by atoms with Gasteiger partial charge in [-0.2, -0.15) is 10.4 Å². The van der Waals surface area contributed by atoms with E-state index in [1.807, 2.05) is 20.2 Å². The second-order valence-electron chi connectivity index (χ2n) is 4.71. The van der Waals surface area contributed by atoms with Crippen LogP contribution in [0, 0.1) is 11.3 Å². The van der Waals surface area contributed by atoms with Gasteiger partial charge in [-0.25, -0.2) is 0 Å². The van der Waals surface area contributed by atoms with E-state index in [0.29, 0.717) is 0 Å². The van der Waals surface area contributed by atoms with E-state index >= 15 is 0 Å². The summed E-state index contributed by atoms with van der Waals surface area (Å²) >= 11 is 0. The number of rotatable bonds is 1. The predicted molar refractivity (Wildman–Crippen MR) is 55.9 cm³/mol. The summed E-state index contributed by atoms with van der Waals surface area (Å²) in [5.74, 6) is -0.0853. The molecule has 0 N–H and O–H groups in total. The van der Waals surface area contributed by atoms with E-state index in [4.69, 9.17) is 5.26 Å². The Balaban J connectivity index is 3.24. The number of hydrogen-bond donors (Lipinski definition) is 0. The SMILES string of the molecule is CC(C#N)c1cn(C)nc1C(C)(C)C. The van der Waals surface area contributed by atoms with E-state index in [0.717, 1.165) is 11.3 Å². The minimum absolute atomic E-state index is 0.00169. The van der Waals surface area contributed by atoms with Crippen molar-refractivity contribution < 1.29 is 0 Å². The summed E-state index contributed by atoms with van der Waals surface area (Å²) < 4.78 is 1.78. The largest absolute Gasteiger partial charge is 0.275 e. The lowest BCUT2D eigenvalue weighted by molar-refractivity contribution is 0.547. The molecule has 0 saturated carbocycles. The van der Waals surface area contributed by atoms with Crippen molar-refractivity contribution in [2.24, 2.45) is 7.05 Å². The molecule has 0 spiro atoms. The highest BCUT2D eigenvalue weighted by atomic mass is 15.3. The maximum absolute atomic E-state index is 8.90. The van der Waals surface area contributed by atoms with Gasteiger partial charge in [-0.05, 0) is 6.92 Å². The summed E-state index contributed by atoms with van der Waals surface area (Å²) in [4.78, 5) is 0. The molecular formula is C11H17N3. The molecule has 0 radical (unpaired) electrons. The Labute approximate surface area is 85.4 Å². The lowest BCUT2D eigenvalue weighted by Gasteiger charge is -2.18. The van der Waals surface area contributed by atoms with E-state index in [2.05, 4.69) is 31.9 Å². The minimum atomic E-state index is -0.0853. The second kappa shape index (κ2) is 3.45. The van der Waals surface area contributed by atoms with Crippen molar-refractivity contribution in [3.8, 4) is 6.07 Å². The van der Waals surface area contributed by atoms with Crippen LogP contribution < -0.4 is 0 Å². The molecule has 0 aliphatic carbocycles. The van der Waals surface area contributed by atoms with Gasteiger partial charge >= 0.3 is 0 Å². The molecule has 14 heavy (non-hydrogen) atoms. The molecule has 0 aromatic carbocycles. The highest BCUT2D eigenvalue weighted by molar-refractivity contribution is 5.30. The zero-order chi connectivity index (χ0) is 10.9. The van der Waals surface area contributed by atoms with Gasteiger partial charge in [0.1, 0.15) is 0 Å². The van der Waals surface area contributed by atoms with E-state index < -0.39 is 0 Å². The van der Waals surface area contributed by atoms with Crippen LogP contribution in [0.3, 0.4) is 0 Å². The lowest BCUT2D eigenvalue weighted by Crippen LogP contribution is -2.15. The summed E-state index contributed by atoms with van der Waals surface area (Å²) in [5.41, 5.74) is 2.07. The standard InChI is InChI=1S/C11H17N3/c1-8(6-12)9-7-14(5)13-10(9)11(2,3)4/h7-8H,1-5H3. The molecule has 0 aliphatic heterocycles. The van der Waals surface area contributed by atoms with E-state index in [1.54, 1.807) is 4.68 Å². The highest BCUT2D eigenvalue weighted by Crippen LogP contribution is 2.28. The van der Waals surface area contributed by atoms with Gasteiger partial charge < -0.3 is 0 Å². The molecule has 1 heterocycles. The topological polar surface area (TPSA) is 41.6 Å². The molecule has 0 saturated heterocycles. The van der Waals surface area contributed by atoms with Crippen molar-refractivity contribution >= 4 is 0 Å². The van der Waals surface area contributed by atoms with E-state index in [-0.39, 0.29) is 11.3 Å². The molecule has 1 aromatic heterocycles. The van der Waals surface area contributed by atoms with Crippen molar-refractivity contribution in [1.82, 2.24) is 9.78 Å². The number of aryl methyl sites for hydroxylation is 1. The molecule has 1 aromatic rings. The van der Waals surface area contributed by atoms with Gasteiger partial charge in [0, 0.05) is 24.2 Å².